The maximum absolute atomic E-state index is 2.51. The summed E-state index contributed by atoms with van der Waals surface area (Å²) < 4.78 is 4.94. The first kappa shape index (κ1) is 45.4. The molecule has 0 aliphatic heterocycles. The fourth-order valence-electron chi connectivity index (χ4n) is 13.4. The van der Waals surface area contributed by atoms with Crippen molar-refractivity contribution in [3.8, 4) is 86.5 Å². The summed E-state index contributed by atoms with van der Waals surface area (Å²) in [6, 6.07) is 90.9. The molecule has 0 saturated heterocycles. The predicted molar refractivity (Wildman–Crippen MR) is 333 cm³/mol. The van der Waals surface area contributed by atoms with Gasteiger partial charge in [0, 0.05) is 63.3 Å². The average molecular weight is 1030 g/mol. The predicted octanol–water partition coefficient (Wildman–Crippen LogP) is 21.0. The lowest BCUT2D eigenvalue weighted by atomic mass is 9.81. The highest BCUT2D eigenvalue weighted by Gasteiger charge is 2.38. The molecule has 78 heavy (non-hydrogen) atoms. The molecule has 0 amide bonds. The normalized spacial score (nSPS) is 13.8. The minimum absolute atomic E-state index is 0.157. The largest absolute Gasteiger partial charge is 0.309 e. The lowest BCUT2D eigenvalue weighted by molar-refractivity contribution is 0.661. The van der Waals surface area contributed by atoms with E-state index >= 15 is 0 Å². The SMILES string of the molecule is CC1(C)c2cc(-c3ccccc3)ccc2-c2cc3c(cc21)c1cc(-c2ccc(-c4ccc(-c5ccc6c(c5)c5cc7c(cc5n6-c5ccccc5)-c5ccc(-c6ccccc6)cc5C7(C)C)s4)s2)ccc1n3-c1ccccc1. The van der Waals surface area contributed by atoms with E-state index in [4.69, 9.17) is 0 Å². The van der Waals surface area contributed by atoms with Crippen LogP contribution >= 0.6 is 22.7 Å². The van der Waals surface area contributed by atoms with E-state index < -0.39 is 0 Å². The van der Waals surface area contributed by atoms with Gasteiger partial charge in [-0.1, -0.05) is 161 Å². The lowest BCUT2D eigenvalue weighted by Gasteiger charge is -2.22. The van der Waals surface area contributed by atoms with Crippen molar-refractivity contribution in [1.29, 1.82) is 0 Å². The number of para-hydroxylation sites is 2. The number of nitrogens with zero attached hydrogens (tertiary/aromatic N) is 2. The first-order chi connectivity index (χ1) is 38.2. The highest BCUT2D eigenvalue weighted by atomic mass is 32.1. The van der Waals surface area contributed by atoms with Gasteiger partial charge in [-0.3, -0.25) is 0 Å². The molecule has 10 aromatic carbocycles. The minimum Gasteiger partial charge on any atom is -0.309 e. The summed E-state index contributed by atoms with van der Waals surface area (Å²) in [5.41, 5.74) is 25.3. The average Bonchev–Trinajstić information content (AvgIpc) is 4.38. The summed E-state index contributed by atoms with van der Waals surface area (Å²) in [6.07, 6.45) is 0. The number of thiophene rings is 2. The van der Waals surface area contributed by atoms with Gasteiger partial charge in [0.2, 0.25) is 0 Å². The van der Waals surface area contributed by atoms with Crippen molar-refractivity contribution in [2.45, 2.75) is 38.5 Å². The quantitative estimate of drug-likeness (QED) is 0.151. The van der Waals surface area contributed by atoms with Gasteiger partial charge in [0.25, 0.3) is 0 Å². The molecule has 4 heterocycles. The van der Waals surface area contributed by atoms with Gasteiger partial charge in [0.15, 0.2) is 0 Å². The Labute approximate surface area is 462 Å². The van der Waals surface area contributed by atoms with Crippen molar-refractivity contribution in [3.05, 3.63) is 265 Å². The molecular weight excluding hydrogens is 981 g/mol. The van der Waals surface area contributed by atoms with E-state index in [0.717, 1.165) is 0 Å². The third kappa shape index (κ3) is 6.73. The standard InChI is InChI=1S/C74H52N2S2/c1-73(2)61-39-47(45-17-9-5-10-18-45)25-29-53(61)55-43-67-59(41-63(55)73)57-37-49(27-31-65(57)75(67)51-21-13-7-14-22-51)69-33-35-71(77-69)72-36-34-70(78-72)50-28-32-66-58(38-50)60-42-64-56(44-68(60)76(66)52-23-15-8-16-24-52)54-30-26-48(40-62(54)74(64,3)4)46-19-11-6-12-20-46/h5-44H,1-4H3. The molecule has 4 heteroatoms. The first-order valence-corrected chi connectivity index (χ1v) is 28.8. The summed E-state index contributed by atoms with van der Waals surface area (Å²) >= 11 is 3.77. The Morgan fingerprint density at radius 1 is 0.256 bits per heavy atom. The molecule has 0 fully saturated rings. The molecule has 370 valence electrons. The number of benzene rings is 10. The van der Waals surface area contributed by atoms with Crippen LogP contribution in [0, 0.1) is 0 Å². The lowest BCUT2D eigenvalue weighted by Crippen LogP contribution is -2.15. The van der Waals surface area contributed by atoms with Gasteiger partial charge >= 0.3 is 0 Å². The summed E-state index contributed by atoms with van der Waals surface area (Å²) in [6.45, 7) is 9.60. The Hall–Kier alpha value is -8.80. The van der Waals surface area contributed by atoms with Crippen molar-refractivity contribution >= 4 is 66.3 Å². The van der Waals surface area contributed by atoms with Crippen LogP contribution in [-0.2, 0) is 10.8 Å². The summed E-state index contributed by atoms with van der Waals surface area (Å²) in [5.74, 6) is 0. The van der Waals surface area contributed by atoms with Gasteiger partial charge in [0.1, 0.15) is 0 Å². The Morgan fingerprint density at radius 2 is 0.603 bits per heavy atom. The van der Waals surface area contributed by atoms with Crippen LogP contribution in [0.2, 0.25) is 0 Å². The fourth-order valence-corrected chi connectivity index (χ4v) is 15.5. The van der Waals surface area contributed by atoms with Crippen molar-refractivity contribution < 1.29 is 0 Å². The molecule has 0 saturated carbocycles. The van der Waals surface area contributed by atoms with Gasteiger partial charge < -0.3 is 9.13 Å². The van der Waals surface area contributed by atoms with E-state index in [1.165, 1.54) is 152 Å². The first-order valence-electron chi connectivity index (χ1n) is 27.1. The topological polar surface area (TPSA) is 9.86 Å². The highest BCUT2D eigenvalue weighted by molar-refractivity contribution is 7.25. The molecule has 2 nitrogen and oxygen atoms in total. The maximum Gasteiger partial charge on any atom is 0.0547 e. The van der Waals surface area contributed by atoms with Gasteiger partial charge in [-0.25, -0.2) is 0 Å². The van der Waals surface area contributed by atoms with E-state index in [1.807, 2.05) is 22.7 Å². The molecule has 14 aromatic rings. The minimum atomic E-state index is -0.157. The van der Waals surface area contributed by atoms with Crippen LogP contribution in [0.4, 0.5) is 0 Å². The molecule has 0 bridgehead atoms. The van der Waals surface area contributed by atoms with E-state index in [9.17, 15) is 0 Å². The van der Waals surface area contributed by atoms with Crippen molar-refractivity contribution in [2.75, 3.05) is 0 Å². The molecule has 0 spiro atoms. The summed E-state index contributed by atoms with van der Waals surface area (Å²) in [4.78, 5) is 5.12. The van der Waals surface area contributed by atoms with E-state index in [0.29, 0.717) is 0 Å². The van der Waals surface area contributed by atoms with Gasteiger partial charge in [-0.05, 0) is 187 Å². The number of aromatic nitrogens is 2. The summed E-state index contributed by atoms with van der Waals surface area (Å²) in [5, 5.41) is 5.13. The Bertz CT molecular complexity index is 4450. The van der Waals surface area contributed by atoms with Gasteiger partial charge in [0.05, 0.1) is 22.1 Å². The third-order valence-corrected chi connectivity index (χ3v) is 19.9. The number of fused-ring (bicyclic) bond motifs is 12. The van der Waals surface area contributed by atoms with Crippen LogP contribution < -0.4 is 0 Å². The highest BCUT2D eigenvalue weighted by Crippen LogP contribution is 2.54. The molecule has 0 unspecified atom stereocenters. The van der Waals surface area contributed by atoms with Gasteiger partial charge in [-0.15, -0.1) is 22.7 Å². The zero-order chi connectivity index (χ0) is 52.0. The second-order valence-corrected chi connectivity index (χ2v) is 24.6. The zero-order valence-electron chi connectivity index (χ0n) is 43.8. The van der Waals surface area contributed by atoms with Crippen molar-refractivity contribution in [2.24, 2.45) is 0 Å². The monoisotopic (exact) mass is 1030 g/mol. The Balaban J connectivity index is 0.767. The van der Waals surface area contributed by atoms with Crippen LogP contribution in [-0.4, -0.2) is 9.13 Å². The number of hydrogen-bond acceptors (Lipinski definition) is 2. The van der Waals surface area contributed by atoms with Crippen LogP contribution in [0.25, 0.3) is 130 Å². The Morgan fingerprint density at radius 3 is 1.01 bits per heavy atom. The molecule has 4 aromatic heterocycles. The smallest absolute Gasteiger partial charge is 0.0547 e. The van der Waals surface area contributed by atoms with Crippen LogP contribution in [0.15, 0.2) is 243 Å². The summed E-state index contributed by atoms with van der Waals surface area (Å²) in [7, 11) is 0. The van der Waals surface area contributed by atoms with Crippen LogP contribution in [0.5, 0.6) is 0 Å². The third-order valence-electron chi connectivity index (χ3n) is 17.4. The molecule has 2 aliphatic rings. The second-order valence-electron chi connectivity index (χ2n) is 22.5. The molecule has 16 rings (SSSR count). The molecule has 2 aliphatic carbocycles. The van der Waals surface area contributed by atoms with Crippen LogP contribution in [0.1, 0.15) is 49.9 Å². The van der Waals surface area contributed by atoms with Crippen LogP contribution in [0.3, 0.4) is 0 Å². The van der Waals surface area contributed by atoms with Gasteiger partial charge in [-0.2, -0.15) is 0 Å². The number of rotatable bonds is 7. The second kappa shape index (κ2) is 16.8. The zero-order valence-corrected chi connectivity index (χ0v) is 45.4. The van der Waals surface area contributed by atoms with Crippen molar-refractivity contribution in [3.63, 3.8) is 0 Å². The molecule has 0 atom stereocenters. The molecule has 0 N–H and O–H groups in total. The van der Waals surface area contributed by atoms with E-state index in [1.54, 1.807) is 0 Å². The van der Waals surface area contributed by atoms with E-state index in [2.05, 4.69) is 279 Å². The fraction of sp³-hybridized carbons (Fsp3) is 0.0811. The molecular formula is C74H52N2S2. The number of hydrogen-bond donors (Lipinski definition) is 0. The van der Waals surface area contributed by atoms with E-state index in [-0.39, 0.29) is 10.8 Å². The van der Waals surface area contributed by atoms with Crippen molar-refractivity contribution in [1.82, 2.24) is 9.13 Å². The Kier molecular flexibility index (Phi) is 9.81. The molecule has 0 radical (unpaired) electrons. The maximum atomic E-state index is 2.51.